The first-order chi connectivity index (χ1) is 11.1. The molecule has 0 fully saturated rings. The molecule has 0 radical (unpaired) electrons. The number of aryl methyl sites for hydroxylation is 2. The minimum absolute atomic E-state index is 0.0542. The zero-order valence-corrected chi connectivity index (χ0v) is 14.7. The Balaban J connectivity index is 2.16. The Morgan fingerprint density at radius 1 is 1.29 bits per heavy atom. The number of benzene rings is 1. The summed E-state index contributed by atoms with van der Waals surface area (Å²) in [5.41, 5.74) is 2.09. The molecule has 0 spiro atoms. The second-order valence-electron chi connectivity index (χ2n) is 5.60. The fraction of sp³-hybridized carbons (Fsp3) is 0.375. The Hall–Kier alpha value is -2.09. The molecule has 1 aromatic carbocycles. The van der Waals surface area contributed by atoms with Gasteiger partial charge in [-0.2, -0.15) is 18.3 Å². The predicted molar refractivity (Wildman–Crippen MR) is 91.8 cm³/mol. The number of anilines is 1. The molecule has 0 saturated carbocycles. The molecule has 0 bridgehead atoms. The van der Waals surface area contributed by atoms with Gasteiger partial charge >= 0.3 is 6.18 Å². The number of halogens is 3. The topological polar surface area (TPSA) is 33.1 Å². The first-order valence-electron chi connectivity index (χ1n) is 7.28. The molecule has 1 N–H and O–H groups in total. The molecule has 0 atom stereocenters. The minimum atomic E-state index is -4.44. The van der Waals surface area contributed by atoms with Crippen LogP contribution in [0.15, 0.2) is 24.3 Å². The average Bonchev–Trinajstić information content (AvgIpc) is 2.73. The van der Waals surface area contributed by atoms with Gasteiger partial charge in [0.15, 0.2) is 5.11 Å². The number of alkyl halides is 3. The monoisotopic (exact) mass is 356 g/mol. The van der Waals surface area contributed by atoms with Crippen molar-refractivity contribution in [3.8, 4) is 0 Å². The van der Waals surface area contributed by atoms with Crippen molar-refractivity contribution < 1.29 is 13.2 Å². The van der Waals surface area contributed by atoms with Gasteiger partial charge in [0.2, 0.25) is 0 Å². The molecule has 4 nitrogen and oxygen atoms in total. The lowest BCUT2D eigenvalue weighted by Gasteiger charge is -2.23. The van der Waals surface area contributed by atoms with Crippen molar-refractivity contribution >= 4 is 23.0 Å². The molecule has 0 amide bonds. The highest BCUT2D eigenvalue weighted by molar-refractivity contribution is 7.80. The Morgan fingerprint density at radius 2 is 1.92 bits per heavy atom. The van der Waals surface area contributed by atoms with Crippen molar-refractivity contribution in [3.05, 3.63) is 46.8 Å². The third kappa shape index (κ3) is 3.87. The van der Waals surface area contributed by atoms with Gasteiger partial charge in [0.1, 0.15) is 0 Å². The van der Waals surface area contributed by atoms with Crippen LogP contribution < -0.4 is 5.32 Å². The summed E-state index contributed by atoms with van der Waals surface area (Å²) in [6.07, 6.45) is -4.44. The lowest BCUT2D eigenvalue weighted by molar-refractivity contribution is -0.136. The number of para-hydroxylation sites is 1. The molecule has 24 heavy (non-hydrogen) atoms. The summed E-state index contributed by atoms with van der Waals surface area (Å²) in [5, 5.41) is 7.24. The predicted octanol–water partition coefficient (Wildman–Crippen LogP) is 3.88. The van der Waals surface area contributed by atoms with Gasteiger partial charge in [-0.1, -0.05) is 12.1 Å². The van der Waals surface area contributed by atoms with Crippen molar-refractivity contribution in [1.29, 1.82) is 0 Å². The molecule has 1 heterocycles. The van der Waals surface area contributed by atoms with Gasteiger partial charge in [0.25, 0.3) is 0 Å². The van der Waals surface area contributed by atoms with E-state index < -0.39 is 11.7 Å². The summed E-state index contributed by atoms with van der Waals surface area (Å²) in [4.78, 5) is 1.69. The molecule has 0 aliphatic rings. The SMILES string of the molecule is Cc1nn(C)c(C)c1CN(C)C(=S)Nc1ccccc1C(F)(F)F. The second kappa shape index (κ2) is 6.80. The standard InChI is InChI=1S/C16H19F3N4S/c1-10-12(11(2)23(4)21-10)9-22(3)15(24)20-14-8-6-5-7-13(14)16(17,18)19/h5-8H,9H2,1-4H3,(H,20,24). The van der Waals surface area contributed by atoms with Gasteiger partial charge in [-0.3, -0.25) is 4.68 Å². The largest absolute Gasteiger partial charge is 0.418 e. The third-order valence-electron chi connectivity index (χ3n) is 3.87. The van der Waals surface area contributed by atoms with Crippen LogP contribution in [0.4, 0.5) is 18.9 Å². The van der Waals surface area contributed by atoms with Gasteiger partial charge in [0.05, 0.1) is 16.9 Å². The summed E-state index contributed by atoms with van der Waals surface area (Å²) in [5.74, 6) is 0. The van der Waals surface area contributed by atoms with Crippen LogP contribution in [-0.2, 0) is 19.8 Å². The molecular formula is C16H19F3N4S. The molecule has 1 aromatic heterocycles. The highest BCUT2D eigenvalue weighted by atomic mass is 32.1. The van der Waals surface area contributed by atoms with Crippen LogP contribution >= 0.6 is 12.2 Å². The van der Waals surface area contributed by atoms with E-state index in [1.165, 1.54) is 18.2 Å². The van der Waals surface area contributed by atoms with E-state index in [1.54, 1.807) is 16.6 Å². The quantitative estimate of drug-likeness (QED) is 0.846. The summed E-state index contributed by atoms with van der Waals surface area (Å²) in [6, 6.07) is 5.28. The first-order valence-corrected chi connectivity index (χ1v) is 7.69. The number of thiocarbonyl (C=S) groups is 1. The molecule has 0 unspecified atom stereocenters. The lowest BCUT2D eigenvalue weighted by Crippen LogP contribution is -2.31. The normalized spacial score (nSPS) is 11.5. The van der Waals surface area contributed by atoms with Crippen LogP contribution in [0.1, 0.15) is 22.5 Å². The molecule has 2 rings (SSSR count). The average molecular weight is 356 g/mol. The summed E-state index contributed by atoms with van der Waals surface area (Å²) < 4.78 is 40.9. The van der Waals surface area contributed by atoms with E-state index in [0.29, 0.717) is 6.54 Å². The summed E-state index contributed by atoms with van der Waals surface area (Å²) in [7, 11) is 3.58. The zero-order chi connectivity index (χ0) is 18.1. The molecule has 0 aliphatic carbocycles. The van der Waals surface area contributed by atoms with E-state index in [-0.39, 0.29) is 10.8 Å². The van der Waals surface area contributed by atoms with E-state index >= 15 is 0 Å². The van der Waals surface area contributed by atoms with E-state index in [4.69, 9.17) is 12.2 Å². The van der Waals surface area contributed by atoms with Crippen LogP contribution in [0.2, 0.25) is 0 Å². The smallest absolute Gasteiger partial charge is 0.348 e. The number of aromatic nitrogens is 2. The van der Waals surface area contributed by atoms with Crippen molar-refractivity contribution in [2.45, 2.75) is 26.6 Å². The Kier molecular flexibility index (Phi) is 5.17. The maximum absolute atomic E-state index is 13.0. The molecule has 8 heteroatoms. The first kappa shape index (κ1) is 18.3. The van der Waals surface area contributed by atoms with E-state index in [2.05, 4.69) is 10.4 Å². The maximum Gasteiger partial charge on any atom is 0.418 e. The van der Waals surface area contributed by atoms with Crippen molar-refractivity contribution in [2.75, 3.05) is 12.4 Å². The number of hydrogen-bond donors (Lipinski definition) is 1. The Labute approximate surface area is 144 Å². The minimum Gasteiger partial charge on any atom is -0.348 e. The summed E-state index contributed by atoms with van der Waals surface area (Å²) >= 11 is 5.25. The maximum atomic E-state index is 13.0. The van der Waals surface area contributed by atoms with E-state index in [9.17, 15) is 13.2 Å². The molecule has 0 aliphatic heterocycles. The van der Waals surface area contributed by atoms with E-state index in [1.807, 2.05) is 20.9 Å². The fourth-order valence-corrected chi connectivity index (χ4v) is 2.58. The van der Waals surface area contributed by atoms with Crippen LogP contribution in [0.3, 0.4) is 0 Å². The molecular weight excluding hydrogens is 337 g/mol. The Bertz CT molecular complexity index is 752. The number of nitrogens with one attached hydrogen (secondary N) is 1. The van der Waals surface area contributed by atoms with Gasteiger partial charge in [-0.15, -0.1) is 0 Å². The second-order valence-corrected chi connectivity index (χ2v) is 5.99. The third-order valence-corrected chi connectivity index (χ3v) is 4.29. The lowest BCUT2D eigenvalue weighted by atomic mass is 10.1. The van der Waals surface area contributed by atoms with Gasteiger partial charge in [-0.05, 0) is 38.2 Å². The van der Waals surface area contributed by atoms with E-state index in [0.717, 1.165) is 23.0 Å². The zero-order valence-electron chi connectivity index (χ0n) is 13.9. The van der Waals surface area contributed by atoms with Crippen LogP contribution in [0.5, 0.6) is 0 Å². The Morgan fingerprint density at radius 3 is 2.46 bits per heavy atom. The number of rotatable bonds is 3. The number of hydrogen-bond acceptors (Lipinski definition) is 2. The van der Waals surface area contributed by atoms with Crippen LogP contribution in [-0.4, -0.2) is 26.8 Å². The number of nitrogens with zero attached hydrogens (tertiary/aromatic N) is 3. The molecule has 2 aromatic rings. The summed E-state index contributed by atoms with van der Waals surface area (Å²) in [6.45, 7) is 4.30. The van der Waals surface area contributed by atoms with Crippen LogP contribution in [0.25, 0.3) is 0 Å². The fourth-order valence-electron chi connectivity index (χ4n) is 2.41. The van der Waals surface area contributed by atoms with Gasteiger partial charge in [0, 0.05) is 31.9 Å². The van der Waals surface area contributed by atoms with Crippen LogP contribution in [0, 0.1) is 13.8 Å². The molecule has 0 saturated heterocycles. The highest BCUT2D eigenvalue weighted by Crippen LogP contribution is 2.34. The highest BCUT2D eigenvalue weighted by Gasteiger charge is 2.33. The van der Waals surface area contributed by atoms with Crippen molar-refractivity contribution in [1.82, 2.24) is 14.7 Å². The van der Waals surface area contributed by atoms with Gasteiger partial charge < -0.3 is 10.2 Å². The van der Waals surface area contributed by atoms with Crippen molar-refractivity contribution in [2.24, 2.45) is 7.05 Å². The van der Waals surface area contributed by atoms with Gasteiger partial charge in [-0.25, -0.2) is 0 Å². The molecule has 130 valence electrons. The van der Waals surface area contributed by atoms with Crippen molar-refractivity contribution in [3.63, 3.8) is 0 Å².